The number of halogens is 4. The second-order valence-corrected chi connectivity index (χ2v) is 3.89. The summed E-state index contributed by atoms with van der Waals surface area (Å²) in [6, 6.07) is 4.49. The fourth-order valence-electron chi connectivity index (χ4n) is 1.16. The molecule has 0 aliphatic carbocycles. The van der Waals surface area contributed by atoms with Gasteiger partial charge in [-0.2, -0.15) is 0 Å². The smallest absolute Gasteiger partial charge is 0.168 e. The number of nitrogens with zero attached hydrogens (tertiary/aromatic N) is 1. The van der Waals surface area contributed by atoms with Crippen molar-refractivity contribution in [3.8, 4) is 0 Å². The molecule has 2 aromatic rings. The van der Waals surface area contributed by atoms with E-state index in [2.05, 4.69) is 4.98 Å². The van der Waals surface area contributed by atoms with Gasteiger partial charge in [-0.15, -0.1) is 0 Å². The van der Waals surface area contributed by atoms with E-state index in [4.69, 9.17) is 34.8 Å². The monoisotopic (exact) mass is 249 g/mol. The van der Waals surface area contributed by atoms with Crippen molar-refractivity contribution in [3.05, 3.63) is 39.2 Å². The molecule has 0 radical (unpaired) electrons. The van der Waals surface area contributed by atoms with Gasteiger partial charge in [0.15, 0.2) is 5.82 Å². The van der Waals surface area contributed by atoms with Crippen LogP contribution in [0.5, 0.6) is 0 Å². The molecule has 72 valence electrons. The minimum absolute atomic E-state index is 0.00309. The van der Waals surface area contributed by atoms with Crippen LogP contribution in [0.2, 0.25) is 15.2 Å². The Kier molecular flexibility index (Phi) is 2.52. The maximum Gasteiger partial charge on any atom is 0.168 e. The van der Waals surface area contributed by atoms with Gasteiger partial charge in [0.1, 0.15) is 10.7 Å². The minimum atomic E-state index is -0.603. The molecule has 0 atom stereocenters. The number of fused-ring (bicyclic) bond motifs is 1. The lowest BCUT2D eigenvalue weighted by atomic mass is 10.2. The highest BCUT2D eigenvalue weighted by Gasteiger charge is 2.10. The van der Waals surface area contributed by atoms with Crippen LogP contribution in [0.15, 0.2) is 18.2 Å². The van der Waals surface area contributed by atoms with Crippen LogP contribution in [0.4, 0.5) is 4.39 Å². The van der Waals surface area contributed by atoms with E-state index in [0.29, 0.717) is 10.4 Å². The Morgan fingerprint density at radius 2 is 1.79 bits per heavy atom. The third-order valence-electron chi connectivity index (χ3n) is 1.79. The highest BCUT2D eigenvalue weighted by atomic mass is 35.5. The predicted molar refractivity (Wildman–Crippen MR) is 56.7 cm³/mol. The van der Waals surface area contributed by atoms with Gasteiger partial charge in [-0.1, -0.05) is 34.8 Å². The Morgan fingerprint density at radius 3 is 2.50 bits per heavy atom. The second-order valence-electron chi connectivity index (χ2n) is 2.68. The van der Waals surface area contributed by atoms with Gasteiger partial charge in [-0.05, 0) is 18.2 Å². The zero-order valence-electron chi connectivity index (χ0n) is 6.69. The van der Waals surface area contributed by atoms with Crippen molar-refractivity contribution in [2.24, 2.45) is 0 Å². The molecular weight excluding hydrogens is 247 g/mol. The standard InChI is InChI=1S/C9H3Cl3FN/c10-5-2-1-4-6(11)3-7(12)14-9(4)8(5)13/h1-3H. The summed E-state index contributed by atoms with van der Waals surface area (Å²) in [4.78, 5) is 3.82. The number of hydrogen-bond acceptors (Lipinski definition) is 1. The molecule has 0 bridgehead atoms. The molecule has 0 aliphatic heterocycles. The van der Waals surface area contributed by atoms with Crippen LogP contribution >= 0.6 is 34.8 Å². The second kappa shape index (κ2) is 3.54. The molecule has 1 nitrogen and oxygen atoms in total. The fraction of sp³-hybridized carbons (Fsp3) is 0. The van der Waals surface area contributed by atoms with Crippen molar-refractivity contribution in [2.75, 3.05) is 0 Å². The molecule has 0 unspecified atom stereocenters. The lowest BCUT2D eigenvalue weighted by Crippen LogP contribution is -1.87. The number of aromatic nitrogens is 1. The third kappa shape index (κ3) is 1.54. The van der Waals surface area contributed by atoms with E-state index in [-0.39, 0.29) is 15.7 Å². The number of pyridine rings is 1. The molecule has 0 N–H and O–H groups in total. The summed E-state index contributed by atoms with van der Waals surface area (Å²) in [7, 11) is 0. The van der Waals surface area contributed by atoms with E-state index in [1.807, 2.05) is 0 Å². The maximum absolute atomic E-state index is 13.4. The molecule has 0 amide bonds. The van der Waals surface area contributed by atoms with Crippen LogP contribution in [-0.2, 0) is 0 Å². The Hall–Kier alpha value is -0.570. The molecular formula is C9H3Cl3FN. The minimum Gasteiger partial charge on any atom is -0.233 e. The van der Waals surface area contributed by atoms with Gasteiger partial charge in [-0.3, -0.25) is 0 Å². The summed E-state index contributed by atoms with van der Waals surface area (Å²) >= 11 is 17.1. The SMILES string of the molecule is Fc1c(Cl)ccc2c(Cl)cc(Cl)nc12. The lowest BCUT2D eigenvalue weighted by Gasteiger charge is -2.02. The van der Waals surface area contributed by atoms with Gasteiger partial charge in [0, 0.05) is 5.39 Å². The predicted octanol–water partition coefficient (Wildman–Crippen LogP) is 4.33. The van der Waals surface area contributed by atoms with Crippen LogP contribution in [0, 0.1) is 5.82 Å². The molecule has 1 aromatic heterocycles. The first-order valence-corrected chi connectivity index (χ1v) is 4.83. The number of hydrogen-bond donors (Lipinski definition) is 0. The van der Waals surface area contributed by atoms with Gasteiger partial charge < -0.3 is 0 Å². The van der Waals surface area contributed by atoms with E-state index < -0.39 is 5.82 Å². The van der Waals surface area contributed by atoms with Crippen LogP contribution < -0.4 is 0 Å². The molecule has 2 rings (SSSR count). The van der Waals surface area contributed by atoms with Gasteiger partial charge in [0.2, 0.25) is 0 Å². The first kappa shape index (κ1) is 9.97. The van der Waals surface area contributed by atoms with Gasteiger partial charge in [0.25, 0.3) is 0 Å². The van der Waals surface area contributed by atoms with Crippen molar-refractivity contribution < 1.29 is 4.39 Å². The van der Waals surface area contributed by atoms with Crippen LogP contribution in [0.25, 0.3) is 10.9 Å². The van der Waals surface area contributed by atoms with Crippen LogP contribution in [0.1, 0.15) is 0 Å². The van der Waals surface area contributed by atoms with Crippen molar-refractivity contribution in [3.63, 3.8) is 0 Å². The Balaban J connectivity index is 2.95. The van der Waals surface area contributed by atoms with Crippen LogP contribution in [0.3, 0.4) is 0 Å². The van der Waals surface area contributed by atoms with E-state index in [9.17, 15) is 4.39 Å². The lowest BCUT2D eigenvalue weighted by molar-refractivity contribution is 0.637. The number of rotatable bonds is 0. The zero-order valence-corrected chi connectivity index (χ0v) is 8.96. The van der Waals surface area contributed by atoms with E-state index in [1.54, 1.807) is 6.07 Å². The largest absolute Gasteiger partial charge is 0.233 e. The Labute approximate surface area is 94.4 Å². The molecule has 0 saturated heterocycles. The molecule has 0 saturated carbocycles. The topological polar surface area (TPSA) is 12.9 Å². The summed E-state index contributed by atoms with van der Waals surface area (Å²) < 4.78 is 13.4. The Morgan fingerprint density at radius 1 is 1.07 bits per heavy atom. The molecule has 0 fully saturated rings. The van der Waals surface area contributed by atoms with Crippen molar-refractivity contribution in [1.29, 1.82) is 0 Å². The van der Waals surface area contributed by atoms with E-state index >= 15 is 0 Å². The van der Waals surface area contributed by atoms with Crippen molar-refractivity contribution in [1.82, 2.24) is 4.98 Å². The Bertz CT molecular complexity index is 513. The number of benzene rings is 1. The van der Waals surface area contributed by atoms with E-state index in [1.165, 1.54) is 12.1 Å². The average Bonchev–Trinajstić information content (AvgIpc) is 2.12. The zero-order chi connectivity index (χ0) is 10.3. The molecule has 5 heteroatoms. The summed E-state index contributed by atoms with van der Waals surface area (Å²) in [5, 5.41) is 1.00. The molecule has 14 heavy (non-hydrogen) atoms. The molecule has 1 heterocycles. The summed E-state index contributed by atoms with van der Waals surface area (Å²) in [5.41, 5.74) is 0.0926. The highest BCUT2D eigenvalue weighted by molar-refractivity contribution is 6.38. The van der Waals surface area contributed by atoms with Gasteiger partial charge in [0.05, 0.1) is 10.0 Å². The first-order chi connectivity index (χ1) is 6.59. The quantitative estimate of drug-likeness (QED) is 0.634. The third-order valence-corrected chi connectivity index (χ3v) is 2.59. The van der Waals surface area contributed by atoms with E-state index in [0.717, 1.165) is 0 Å². The first-order valence-electron chi connectivity index (χ1n) is 3.69. The molecule has 0 spiro atoms. The van der Waals surface area contributed by atoms with Crippen LogP contribution in [-0.4, -0.2) is 4.98 Å². The van der Waals surface area contributed by atoms with Crippen molar-refractivity contribution >= 4 is 45.7 Å². The average molecular weight is 250 g/mol. The molecule has 1 aromatic carbocycles. The fourth-order valence-corrected chi connectivity index (χ4v) is 1.82. The molecule has 0 aliphatic rings. The summed E-state index contributed by atoms with van der Waals surface area (Å²) in [6.45, 7) is 0. The van der Waals surface area contributed by atoms with Gasteiger partial charge in [-0.25, -0.2) is 9.37 Å². The maximum atomic E-state index is 13.4. The summed E-state index contributed by atoms with van der Waals surface area (Å²) in [6.07, 6.45) is 0. The van der Waals surface area contributed by atoms with Gasteiger partial charge >= 0.3 is 0 Å². The van der Waals surface area contributed by atoms with Crippen molar-refractivity contribution in [2.45, 2.75) is 0 Å². The highest BCUT2D eigenvalue weighted by Crippen LogP contribution is 2.29. The normalized spacial score (nSPS) is 10.9. The summed E-state index contributed by atoms with van der Waals surface area (Å²) in [5.74, 6) is -0.603.